The summed E-state index contributed by atoms with van der Waals surface area (Å²) in [7, 11) is 0. The lowest BCUT2D eigenvalue weighted by molar-refractivity contribution is -0.154. The van der Waals surface area contributed by atoms with E-state index >= 15 is 0 Å². The van der Waals surface area contributed by atoms with Crippen molar-refractivity contribution >= 4 is 24.4 Å². The van der Waals surface area contributed by atoms with Crippen molar-refractivity contribution in [3.63, 3.8) is 0 Å². The van der Waals surface area contributed by atoms with Gasteiger partial charge in [-0.2, -0.15) is 0 Å². The van der Waals surface area contributed by atoms with E-state index in [1.54, 1.807) is 13.0 Å². The van der Waals surface area contributed by atoms with Crippen LogP contribution in [0.25, 0.3) is 0 Å². The second-order valence-electron chi connectivity index (χ2n) is 4.98. The van der Waals surface area contributed by atoms with Crippen LogP contribution in [-0.4, -0.2) is 24.4 Å². The fraction of sp³-hybridized carbons (Fsp3) is 0.467. The largest absolute Gasteiger partial charge is 0.395 e. The summed E-state index contributed by atoms with van der Waals surface area (Å²) in [6.45, 7) is 5.54. The highest BCUT2D eigenvalue weighted by Crippen LogP contribution is 2.26. The van der Waals surface area contributed by atoms with Gasteiger partial charge in [0.1, 0.15) is 0 Å². The lowest BCUT2D eigenvalue weighted by atomic mass is 9.92. The fourth-order valence-electron chi connectivity index (χ4n) is 2.22. The Morgan fingerprint density at radius 1 is 1.52 bits per heavy atom. The molecule has 0 bridgehead atoms. The molecular formula is C15H18O6. The molecule has 1 heterocycles. The van der Waals surface area contributed by atoms with Gasteiger partial charge < -0.3 is 9.47 Å². The van der Waals surface area contributed by atoms with E-state index in [1.165, 1.54) is 0 Å². The summed E-state index contributed by atoms with van der Waals surface area (Å²) >= 11 is 0. The van der Waals surface area contributed by atoms with E-state index in [4.69, 9.17) is 0 Å². The maximum Gasteiger partial charge on any atom is 0.317 e. The predicted molar refractivity (Wildman–Crippen MR) is 72.7 cm³/mol. The Kier molecular flexibility index (Phi) is 6.52. The summed E-state index contributed by atoms with van der Waals surface area (Å²) in [6.07, 6.45) is 4.60. The zero-order valence-electron chi connectivity index (χ0n) is 11.9. The Morgan fingerprint density at radius 3 is 2.76 bits per heavy atom. The SMILES string of the molecule is C=CC/C(=C\C(C)CC(=O)OC=O)CC1CC(=O)OC1=O. The number of hydrogen-bond acceptors (Lipinski definition) is 6. The molecule has 2 atom stereocenters. The molecule has 1 saturated heterocycles. The molecule has 1 rings (SSSR count). The average Bonchev–Trinajstić information content (AvgIpc) is 2.68. The smallest absolute Gasteiger partial charge is 0.317 e. The summed E-state index contributed by atoms with van der Waals surface area (Å²) in [4.78, 5) is 43.8. The third-order valence-corrected chi connectivity index (χ3v) is 3.06. The van der Waals surface area contributed by atoms with Gasteiger partial charge in [0, 0.05) is 0 Å². The van der Waals surface area contributed by atoms with Crippen molar-refractivity contribution in [2.75, 3.05) is 0 Å². The van der Waals surface area contributed by atoms with Crippen LogP contribution >= 0.6 is 0 Å². The Labute approximate surface area is 122 Å². The van der Waals surface area contributed by atoms with Gasteiger partial charge >= 0.3 is 24.4 Å². The number of cyclic esters (lactones) is 2. The van der Waals surface area contributed by atoms with Crippen LogP contribution in [-0.2, 0) is 28.7 Å². The molecule has 1 fully saturated rings. The lowest BCUT2D eigenvalue weighted by Crippen LogP contribution is -2.10. The fourth-order valence-corrected chi connectivity index (χ4v) is 2.22. The molecule has 0 spiro atoms. The Bertz CT molecular complexity index is 477. The molecule has 0 aliphatic carbocycles. The summed E-state index contributed by atoms with van der Waals surface area (Å²) in [5, 5.41) is 0. The second kappa shape index (κ2) is 8.14. The van der Waals surface area contributed by atoms with Crippen molar-refractivity contribution in [2.45, 2.75) is 32.6 Å². The molecular weight excluding hydrogens is 276 g/mol. The number of carbonyl (C=O) groups excluding carboxylic acids is 4. The lowest BCUT2D eigenvalue weighted by Gasteiger charge is -2.11. The maximum absolute atomic E-state index is 11.5. The van der Waals surface area contributed by atoms with Gasteiger partial charge in [-0.15, -0.1) is 6.58 Å². The normalized spacial score (nSPS) is 19.9. The van der Waals surface area contributed by atoms with Crippen LogP contribution in [0.5, 0.6) is 0 Å². The van der Waals surface area contributed by atoms with E-state index in [1.807, 2.05) is 6.08 Å². The standard InChI is InChI=1S/C15H18O6/c1-3-4-11(5-10(2)6-13(17)20-9-16)7-12-8-14(18)21-15(12)19/h3,5,9-10,12H,1,4,6-8H2,2H3/b11-5+. The maximum atomic E-state index is 11.5. The van der Waals surface area contributed by atoms with Gasteiger partial charge in [0.2, 0.25) is 0 Å². The first-order valence-electron chi connectivity index (χ1n) is 6.64. The zero-order chi connectivity index (χ0) is 15.8. The number of ether oxygens (including phenoxy) is 2. The number of allylic oxidation sites excluding steroid dienone is 3. The van der Waals surface area contributed by atoms with Crippen molar-refractivity contribution in [1.29, 1.82) is 0 Å². The van der Waals surface area contributed by atoms with Crippen molar-refractivity contribution in [3.8, 4) is 0 Å². The number of rotatable bonds is 8. The highest BCUT2D eigenvalue weighted by molar-refractivity contribution is 5.94. The van der Waals surface area contributed by atoms with E-state index < -0.39 is 23.8 Å². The summed E-state index contributed by atoms with van der Waals surface area (Å²) < 4.78 is 8.74. The van der Waals surface area contributed by atoms with Crippen molar-refractivity contribution in [2.24, 2.45) is 11.8 Å². The summed E-state index contributed by atoms with van der Waals surface area (Å²) in [5.74, 6) is -2.26. The van der Waals surface area contributed by atoms with Gasteiger partial charge in [-0.05, 0) is 18.8 Å². The van der Waals surface area contributed by atoms with Gasteiger partial charge in [-0.3, -0.25) is 19.2 Å². The van der Waals surface area contributed by atoms with Gasteiger partial charge in [-0.25, -0.2) is 0 Å². The molecule has 0 saturated carbocycles. The first kappa shape index (κ1) is 16.8. The van der Waals surface area contributed by atoms with E-state index in [2.05, 4.69) is 16.1 Å². The monoisotopic (exact) mass is 294 g/mol. The number of esters is 3. The number of hydrogen-bond donors (Lipinski definition) is 0. The van der Waals surface area contributed by atoms with Crippen LogP contribution < -0.4 is 0 Å². The number of carbonyl (C=O) groups is 4. The molecule has 0 aromatic carbocycles. The third kappa shape index (κ3) is 5.72. The van der Waals surface area contributed by atoms with Crippen LogP contribution in [0.3, 0.4) is 0 Å². The second-order valence-corrected chi connectivity index (χ2v) is 4.98. The minimum atomic E-state index is -0.609. The van der Waals surface area contributed by atoms with E-state index in [0.29, 0.717) is 12.8 Å². The Hall–Kier alpha value is -2.24. The molecule has 2 unspecified atom stereocenters. The highest BCUT2D eigenvalue weighted by atomic mass is 16.6. The van der Waals surface area contributed by atoms with Gasteiger partial charge in [0.05, 0.1) is 18.8 Å². The van der Waals surface area contributed by atoms with Gasteiger partial charge in [0.25, 0.3) is 0 Å². The van der Waals surface area contributed by atoms with E-state index in [0.717, 1.165) is 5.57 Å². The van der Waals surface area contributed by atoms with E-state index in [9.17, 15) is 19.2 Å². The Balaban J connectivity index is 2.66. The van der Waals surface area contributed by atoms with Crippen LogP contribution in [0.4, 0.5) is 0 Å². The topological polar surface area (TPSA) is 86.7 Å². The van der Waals surface area contributed by atoms with Gasteiger partial charge in [0.15, 0.2) is 0 Å². The van der Waals surface area contributed by atoms with Crippen LogP contribution in [0.2, 0.25) is 0 Å². The predicted octanol–water partition coefficient (Wildman–Crippen LogP) is 1.69. The van der Waals surface area contributed by atoms with Crippen LogP contribution in [0, 0.1) is 11.8 Å². The quantitative estimate of drug-likeness (QED) is 0.293. The molecule has 6 heteroatoms. The molecule has 0 radical (unpaired) electrons. The molecule has 1 aliphatic heterocycles. The molecule has 0 aromatic rings. The van der Waals surface area contributed by atoms with Crippen molar-refractivity contribution in [3.05, 3.63) is 24.3 Å². The molecule has 114 valence electrons. The zero-order valence-corrected chi connectivity index (χ0v) is 11.9. The Morgan fingerprint density at radius 2 is 2.24 bits per heavy atom. The molecule has 0 N–H and O–H groups in total. The summed E-state index contributed by atoms with van der Waals surface area (Å²) in [6, 6.07) is 0. The minimum absolute atomic E-state index is 0.0629. The average molecular weight is 294 g/mol. The van der Waals surface area contributed by atoms with Crippen molar-refractivity contribution in [1.82, 2.24) is 0 Å². The first-order valence-corrected chi connectivity index (χ1v) is 6.64. The van der Waals surface area contributed by atoms with Crippen LogP contribution in [0.15, 0.2) is 24.3 Å². The molecule has 21 heavy (non-hydrogen) atoms. The van der Waals surface area contributed by atoms with Crippen LogP contribution in [0.1, 0.15) is 32.6 Å². The van der Waals surface area contributed by atoms with E-state index in [-0.39, 0.29) is 25.2 Å². The third-order valence-electron chi connectivity index (χ3n) is 3.06. The molecule has 6 nitrogen and oxygen atoms in total. The van der Waals surface area contributed by atoms with Crippen molar-refractivity contribution < 1.29 is 28.7 Å². The molecule has 1 aliphatic rings. The molecule has 0 aromatic heterocycles. The van der Waals surface area contributed by atoms with Gasteiger partial charge in [-0.1, -0.05) is 24.6 Å². The summed E-state index contributed by atoms with van der Waals surface area (Å²) in [5.41, 5.74) is 0.896. The highest BCUT2D eigenvalue weighted by Gasteiger charge is 2.33. The first-order chi connectivity index (χ1) is 9.96. The minimum Gasteiger partial charge on any atom is -0.395 e. The molecule has 0 amide bonds.